The molecular formula is C28H32N6O2. The van der Waals surface area contributed by atoms with Gasteiger partial charge in [0.05, 0.1) is 17.6 Å². The van der Waals surface area contributed by atoms with Crippen LogP contribution in [0.5, 0.6) is 0 Å². The molecule has 1 unspecified atom stereocenters. The topological polar surface area (TPSA) is 94.2 Å². The van der Waals surface area contributed by atoms with E-state index in [1.54, 1.807) is 6.92 Å². The Morgan fingerprint density at radius 1 is 1.06 bits per heavy atom. The van der Waals surface area contributed by atoms with Crippen LogP contribution >= 0.6 is 0 Å². The minimum Gasteiger partial charge on any atom is -0.355 e. The number of nitrogens with zero attached hydrogens (tertiary/aromatic N) is 4. The van der Waals surface area contributed by atoms with E-state index in [0.29, 0.717) is 39.1 Å². The standard InChI is InChI=1S/C28H32N6O2/c1-20(35)34-13-12-33(17-21(18-34)14-23-16-29-15-22-6-2-3-7-24(22)23)19-28(36)30-11-10-27-31-25-8-4-5-9-26(25)32-27/h2-9,15-16,21H,10-14,17-19H2,1H3,(H,30,36)(H,31,32). The van der Waals surface area contributed by atoms with Crippen LogP contribution in [-0.2, 0) is 22.4 Å². The maximum Gasteiger partial charge on any atom is 0.234 e. The number of pyridine rings is 1. The van der Waals surface area contributed by atoms with Crippen molar-refractivity contribution in [1.82, 2.24) is 30.1 Å². The van der Waals surface area contributed by atoms with Gasteiger partial charge in [0.1, 0.15) is 5.82 Å². The molecule has 4 aromatic rings. The minimum atomic E-state index is -0.00652. The zero-order valence-corrected chi connectivity index (χ0v) is 20.6. The van der Waals surface area contributed by atoms with Gasteiger partial charge in [-0.3, -0.25) is 19.5 Å². The van der Waals surface area contributed by atoms with Gasteiger partial charge in [-0.05, 0) is 35.4 Å². The molecule has 2 N–H and O–H groups in total. The molecule has 8 heteroatoms. The van der Waals surface area contributed by atoms with Gasteiger partial charge in [-0.2, -0.15) is 0 Å². The zero-order valence-electron chi connectivity index (χ0n) is 20.6. The summed E-state index contributed by atoms with van der Waals surface area (Å²) in [6.45, 7) is 5.21. The molecular weight excluding hydrogens is 452 g/mol. The Hall–Kier alpha value is -3.78. The number of fused-ring (bicyclic) bond motifs is 2. The molecule has 1 saturated heterocycles. The number of H-pyrrole nitrogens is 1. The molecule has 8 nitrogen and oxygen atoms in total. The summed E-state index contributed by atoms with van der Waals surface area (Å²) in [4.78, 5) is 41.4. The van der Waals surface area contributed by atoms with E-state index in [4.69, 9.17) is 0 Å². The van der Waals surface area contributed by atoms with Gasteiger partial charge < -0.3 is 15.2 Å². The molecule has 1 aliphatic heterocycles. The second-order valence-corrected chi connectivity index (χ2v) is 9.59. The number of carbonyl (C=O) groups is 2. The molecule has 3 heterocycles. The summed E-state index contributed by atoms with van der Waals surface area (Å²) in [5.41, 5.74) is 3.12. The van der Waals surface area contributed by atoms with Crippen LogP contribution in [0.2, 0.25) is 0 Å². The van der Waals surface area contributed by atoms with Crippen molar-refractivity contribution in [2.75, 3.05) is 39.3 Å². The number of para-hydroxylation sites is 2. The van der Waals surface area contributed by atoms with Gasteiger partial charge in [0.15, 0.2) is 0 Å². The first-order chi connectivity index (χ1) is 17.5. The van der Waals surface area contributed by atoms with E-state index >= 15 is 0 Å². The summed E-state index contributed by atoms with van der Waals surface area (Å²) in [6.07, 6.45) is 5.27. The summed E-state index contributed by atoms with van der Waals surface area (Å²) in [5, 5.41) is 5.35. The third-order valence-electron chi connectivity index (χ3n) is 6.88. The largest absolute Gasteiger partial charge is 0.355 e. The quantitative estimate of drug-likeness (QED) is 0.421. The Morgan fingerprint density at radius 3 is 2.75 bits per heavy atom. The third kappa shape index (κ3) is 5.71. The van der Waals surface area contributed by atoms with Crippen LogP contribution in [0.15, 0.2) is 60.9 Å². The Bertz CT molecular complexity index is 1330. The molecule has 0 saturated carbocycles. The van der Waals surface area contributed by atoms with E-state index in [1.165, 1.54) is 10.9 Å². The molecule has 36 heavy (non-hydrogen) atoms. The Kier molecular flexibility index (Phi) is 7.23. The number of carbonyl (C=O) groups excluding carboxylic acids is 2. The highest BCUT2D eigenvalue weighted by Crippen LogP contribution is 2.22. The van der Waals surface area contributed by atoms with Gasteiger partial charge in [0.2, 0.25) is 11.8 Å². The number of amides is 2. The lowest BCUT2D eigenvalue weighted by Gasteiger charge is -2.24. The van der Waals surface area contributed by atoms with Crippen LogP contribution in [0, 0.1) is 5.92 Å². The second-order valence-electron chi connectivity index (χ2n) is 9.59. The highest BCUT2D eigenvalue weighted by atomic mass is 16.2. The maximum atomic E-state index is 12.8. The molecule has 186 valence electrons. The predicted octanol–water partition coefficient (Wildman–Crippen LogP) is 2.79. The number of benzene rings is 2. The van der Waals surface area contributed by atoms with E-state index in [-0.39, 0.29) is 17.7 Å². The summed E-state index contributed by atoms with van der Waals surface area (Å²) >= 11 is 0. The molecule has 2 amide bonds. The van der Waals surface area contributed by atoms with Crippen molar-refractivity contribution in [3.8, 4) is 0 Å². The van der Waals surface area contributed by atoms with Crippen LogP contribution in [0.1, 0.15) is 18.3 Å². The zero-order chi connectivity index (χ0) is 24.9. The van der Waals surface area contributed by atoms with E-state index < -0.39 is 0 Å². The summed E-state index contributed by atoms with van der Waals surface area (Å²) in [5.74, 6) is 1.15. The minimum absolute atomic E-state index is 0.00652. The number of imidazole rings is 1. The average molecular weight is 485 g/mol. The monoisotopic (exact) mass is 484 g/mol. The van der Waals surface area contributed by atoms with Gasteiger partial charge in [0, 0.05) is 63.8 Å². The van der Waals surface area contributed by atoms with Crippen molar-refractivity contribution in [1.29, 1.82) is 0 Å². The molecule has 0 bridgehead atoms. The summed E-state index contributed by atoms with van der Waals surface area (Å²) in [6, 6.07) is 16.2. The number of nitrogens with one attached hydrogen (secondary N) is 2. The van der Waals surface area contributed by atoms with Gasteiger partial charge in [-0.25, -0.2) is 4.98 Å². The molecule has 2 aromatic heterocycles. The van der Waals surface area contributed by atoms with Crippen LogP contribution in [-0.4, -0.2) is 75.8 Å². The van der Waals surface area contributed by atoms with E-state index in [0.717, 1.165) is 35.2 Å². The fourth-order valence-electron chi connectivity index (χ4n) is 5.09. The van der Waals surface area contributed by atoms with Crippen molar-refractivity contribution in [2.45, 2.75) is 19.8 Å². The Morgan fingerprint density at radius 2 is 1.89 bits per heavy atom. The predicted molar refractivity (Wildman–Crippen MR) is 140 cm³/mol. The lowest BCUT2D eigenvalue weighted by molar-refractivity contribution is -0.129. The lowest BCUT2D eigenvalue weighted by Crippen LogP contribution is -2.41. The molecule has 5 rings (SSSR count). The second kappa shape index (κ2) is 10.9. The van der Waals surface area contributed by atoms with Crippen molar-refractivity contribution in [3.63, 3.8) is 0 Å². The van der Waals surface area contributed by atoms with Gasteiger partial charge in [-0.15, -0.1) is 0 Å². The highest BCUT2D eigenvalue weighted by molar-refractivity contribution is 5.84. The van der Waals surface area contributed by atoms with Crippen LogP contribution in [0.4, 0.5) is 0 Å². The van der Waals surface area contributed by atoms with Gasteiger partial charge in [-0.1, -0.05) is 36.4 Å². The molecule has 1 fully saturated rings. The Labute approximate surface area is 210 Å². The first kappa shape index (κ1) is 23.9. The summed E-state index contributed by atoms with van der Waals surface area (Å²) < 4.78 is 0. The smallest absolute Gasteiger partial charge is 0.234 e. The van der Waals surface area contributed by atoms with E-state index in [9.17, 15) is 9.59 Å². The van der Waals surface area contributed by atoms with Crippen LogP contribution in [0.25, 0.3) is 21.8 Å². The van der Waals surface area contributed by atoms with Crippen LogP contribution in [0.3, 0.4) is 0 Å². The number of aromatic amines is 1. The van der Waals surface area contributed by atoms with E-state index in [2.05, 4.69) is 37.3 Å². The van der Waals surface area contributed by atoms with Crippen molar-refractivity contribution >= 4 is 33.6 Å². The lowest BCUT2D eigenvalue weighted by atomic mass is 9.96. The van der Waals surface area contributed by atoms with Gasteiger partial charge >= 0.3 is 0 Å². The number of hydrogen-bond donors (Lipinski definition) is 2. The molecule has 0 aliphatic carbocycles. The molecule has 1 atom stereocenters. The van der Waals surface area contributed by atoms with Crippen molar-refractivity contribution in [2.24, 2.45) is 5.92 Å². The first-order valence-electron chi connectivity index (χ1n) is 12.5. The van der Waals surface area contributed by atoms with Gasteiger partial charge in [0.25, 0.3) is 0 Å². The van der Waals surface area contributed by atoms with Crippen LogP contribution < -0.4 is 5.32 Å². The fraction of sp³-hybridized carbons (Fsp3) is 0.357. The molecule has 2 aromatic carbocycles. The summed E-state index contributed by atoms with van der Waals surface area (Å²) in [7, 11) is 0. The number of aromatic nitrogens is 3. The molecule has 0 radical (unpaired) electrons. The number of rotatable bonds is 7. The average Bonchev–Trinajstić information content (AvgIpc) is 3.18. The highest BCUT2D eigenvalue weighted by Gasteiger charge is 2.26. The first-order valence-corrected chi connectivity index (χ1v) is 12.5. The van der Waals surface area contributed by atoms with E-state index in [1.807, 2.05) is 53.7 Å². The molecule has 1 aliphatic rings. The van der Waals surface area contributed by atoms with Crippen molar-refractivity contribution in [3.05, 3.63) is 72.3 Å². The Balaban J connectivity index is 1.20. The SMILES string of the molecule is CC(=O)N1CCN(CC(=O)NCCc2nc3ccccc3[nH]2)CC(Cc2cncc3ccccc23)C1. The number of hydrogen-bond acceptors (Lipinski definition) is 5. The molecule has 0 spiro atoms. The van der Waals surface area contributed by atoms with Crippen molar-refractivity contribution < 1.29 is 9.59 Å². The maximum absolute atomic E-state index is 12.8. The normalized spacial score (nSPS) is 16.8. The fourth-order valence-corrected chi connectivity index (χ4v) is 5.09. The third-order valence-corrected chi connectivity index (χ3v) is 6.88.